The number of nitrogens with zero attached hydrogens (tertiary/aromatic N) is 4. The molecule has 3 unspecified atom stereocenters. The van der Waals surface area contributed by atoms with Gasteiger partial charge in [-0.25, -0.2) is 15.0 Å². The van der Waals surface area contributed by atoms with Gasteiger partial charge in [-0.3, -0.25) is 4.98 Å². The van der Waals surface area contributed by atoms with Gasteiger partial charge in [0.15, 0.2) is 17.5 Å². The molecular weight excluding hydrogens is 709 g/mol. The predicted octanol–water partition coefficient (Wildman–Crippen LogP) is 11.5. The molecule has 0 saturated heterocycles. The van der Waals surface area contributed by atoms with Crippen molar-refractivity contribution in [3.8, 4) is 39.7 Å². The molecule has 1 aliphatic heterocycles. The van der Waals surface area contributed by atoms with Gasteiger partial charge >= 0.3 is 0 Å². The zero-order valence-corrected chi connectivity index (χ0v) is 31.8. The topological polar surface area (TPSA) is 60.8 Å². The number of allylic oxidation sites excluding steroid dienone is 13. The molecular formula is C53H38N4O. The van der Waals surface area contributed by atoms with Gasteiger partial charge in [-0.05, 0) is 70.9 Å². The minimum atomic E-state index is -0.554. The maximum Gasteiger partial charge on any atom is 0.164 e. The summed E-state index contributed by atoms with van der Waals surface area (Å²) >= 11 is 0. The Morgan fingerprint density at radius 3 is 2.21 bits per heavy atom. The lowest BCUT2D eigenvalue weighted by atomic mass is 9.63. The van der Waals surface area contributed by atoms with Gasteiger partial charge in [0.05, 0.1) is 11.1 Å². The second kappa shape index (κ2) is 13.0. The number of ether oxygens (including phenoxy) is 1. The van der Waals surface area contributed by atoms with Crippen molar-refractivity contribution in [3.05, 3.63) is 221 Å². The fourth-order valence-corrected chi connectivity index (χ4v) is 10.3. The Hall–Kier alpha value is -6.98. The van der Waals surface area contributed by atoms with Crippen LogP contribution in [0.15, 0.2) is 187 Å². The third-order valence-electron chi connectivity index (χ3n) is 12.8. The van der Waals surface area contributed by atoms with E-state index in [0.29, 0.717) is 17.5 Å². The van der Waals surface area contributed by atoms with Crippen molar-refractivity contribution in [1.82, 2.24) is 19.9 Å². The molecule has 5 aliphatic carbocycles. The standard InChI is InChI=1S/C53H38N4O/c1-2-14-35(15-3-1)50-55-51(57-52(56-50)42-23-10-16-33-13-4-5-19-38(33)42)37-27-29-46-48(32-37)58-47-31-36(39-22-11-17-34-18-12-30-54-49(34)39)26-28-45(47)53(46)43-24-8-6-20-40(43)41-21-7-9-25-44(41)53/h1-10,12-16,18-25,27-33,36,38H,11,17,26H2. The second-order valence-corrected chi connectivity index (χ2v) is 15.9. The van der Waals surface area contributed by atoms with E-state index in [1.54, 1.807) is 0 Å². The van der Waals surface area contributed by atoms with Crippen LogP contribution in [0.25, 0.3) is 45.0 Å². The van der Waals surface area contributed by atoms with Crippen LogP contribution in [-0.2, 0) is 11.8 Å². The molecule has 2 aromatic heterocycles. The SMILES string of the molecule is C1=CC2C=CC=C(c3nc(-c4ccccc4)nc(-c4ccc5c(c4)OC4=CC(C6=CCCc7cccnc76)CC=C4C54c5ccccc5-c5ccccc54)n3)C2C=C1. The van der Waals surface area contributed by atoms with Crippen molar-refractivity contribution in [1.29, 1.82) is 0 Å². The minimum Gasteiger partial charge on any atom is -0.457 e. The maximum atomic E-state index is 7.19. The van der Waals surface area contributed by atoms with Gasteiger partial charge < -0.3 is 4.74 Å². The van der Waals surface area contributed by atoms with Gasteiger partial charge in [0.2, 0.25) is 0 Å². The quantitative estimate of drug-likeness (QED) is 0.180. The highest BCUT2D eigenvalue weighted by Crippen LogP contribution is 2.62. The summed E-state index contributed by atoms with van der Waals surface area (Å²) in [6, 6.07) is 38.9. The molecule has 6 aromatic rings. The predicted molar refractivity (Wildman–Crippen MR) is 230 cm³/mol. The van der Waals surface area contributed by atoms with Crippen LogP contribution in [0.3, 0.4) is 0 Å². The van der Waals surface area contributed by atoms with E-state index in [1.165, 1.54) is 39.0 Å². The average molecular weight is 747 g/mol. The highest BCUT2D eigenvalue weighted by atomic mass is 16.5. The summed E-state index contributed by atoms with van der Waals surface area (Å²) in [5, 5.41) is 0. The molecule has 5 nitrogen and oxygen atoms in total. The van der Waals surface area contributed by atoms with E-state index in [1.807, 2.05) is 24.4 Å². The lowest BCUT2D eigenvalue weighted by molar-refractivity contribution is 0.380. The molecule has 0 fully saturated rings. The van der Waals surface area contributed by atoms with E-state index in [4.69, 9.17) is 24.7 Å². The Balaban J connectivity index is 1.05. The van der Waals surface area contributed by atoms with Gasteiger partial charge in [0.1, 0.15) is 11.5 Å². The third-order valence-corrected chi connectivity index (χ3v) is 12.8. The number of hydrogen-bond donors (Lipinski definition) is 0. The van der Waals surface area contributed by atoms with Crippen LogP contribution in [0.4, 0.5) is 0 Å². The first-order valence-electron chi connectivity index (χ1n) is 20.4. The summed E-state index contributed by atoms with van der Waals surface area (Å²) in [4.78, 5) is 20.4. The fraction of sp³-hybridized carbons (Fsp3) is 0.132. The highest BCUT2D eigenvalue weighted by molar-refractivity contribution is 5.89. The fourth-order valence-electron chi connectivity index (χ4n) is 10.3. The zero-order valence-electron chi connectivity index (χ0n) is 31.8. The summed E-state index contributed by atoms with van der Waals surface area (Å²) in [5.41, 5.74) is 13.5. The molecule has 4 aromatic carbocycles. The largest absolute Gasteiger partial charge is 0.457 e. The van der Waals surface area contributed by atoms with Crippen molar-refractivity contribution in [2.24, 2.45) is 17.8 Å². The average Bonchev–Trinajstić information content (AvgIpc) is 3.59. The van der Waals surface area contributed by atoms with Crippen molar-refractivity contribution in [2.75, 3.05) is 0 Å². The second-order valence-electron chi connectivity index (χ2n) is 15.9. The molecule has 0 amide bonds. The molecule has 3 heterocycles. The Bertz CT molecular complexity index is 2880. The monoisotopic (exact) mass is 746 g/mol. The van der Waals surface area contributed by atoms with Crippen molar-refractivity contribution < 1.29 is 4.74 Å². The highest BCUT2D eigenvalue weighted by Gasteiger charge is 2.53. The Morgan fingerprint density at radius 1 is 0.621 bits per heavy atom. The smallest absolute Gasteiger partial charge is 0.164 e. The molecule has 6 aliphatic rings. The third kappa shape index (κ3) is 4.96. The first-order valence-corrected chi connectivity index (χ1v) is 20.4. The lowest BCUT2D eigenvalue weighted by Gasteiger charge is -2.43. The van der Waals surface area contributed by atoms with E-state index < -0.39 is 5.41 Å². The van der Waals surface area contributed by atoms with E-state index in [0.717, 1.165) is 58.7 Å². The van der Waals surface area contributed by atoms with Crippen molar-refractivity contribution in [3.63, 3.8) is 0 Å². The summed E-state index contributed by atoms with van der Waals surface area (Å²) in [7, 11) is 0. The first-order chi connectivity index (χ1) is 28.7. The van der Waals surface area contributed by atoms with E-state index in [2.05, 4.69) is 152 Å². The van der Waals surface area contributed by atoms with Crippen LogP contribution in [-0.4, -0.2) is 19.9 Å². The number of pyridine rings is 1. The van der Waals surface area contributed by atoms with Crippen LogP contribution in [0.5, 0.6) is 5.75 Å². The molecule has 1 spiro atoms. The van der Waals surface area contributed by atoms with Gasteiger partial charge in [-0.2, -0.15) is 0 Å². The van der Waals surface area contributed by atoms with Crippen molar-refractivity contribution in [2.45, 2.75) is 24.7 Å². The number of rotatable bonds is 4. The van der Waals surface area contributed by atoms with Crippen molar-refractivity contribution >= 4 is 11.1 Å². The summed E-state index contributed by atoms with van der Waals surface area (Å²) in [5.74, 6) is 4.23. The molecule has 0 radical (unpaired) electrons. The Labute approximate surface area is 338 Å². The molecule has 276 valence electrons. The maximum absolute atomic E-state index is 7.19. The number of fused-ring (bicyclic) bond motifs is 11. The summed E-state index contributed by atoms with van der Waals surface area (Å²) < 4.78 is 7.19. The van der Waals surface area contributed by atoms with Crippen LogP contribution in [0.2, 0.25) is 0 Å². The molecule has 12 rings (SSSR count). The Morgan fingerprint density at radius 2 is 1.36 bits per heavy atom. The normalized spacial score (nSPS) is 21.2. The minimum absolute atomic E-state index is 0.145. The number of benzene rings is 4. The van der Waals surface area contributed by atoms with Gasteiger partial charge in [-0.15, -0.1) is 0 Å². The van der Waals surface area contributed by atoms with E-state index in [-0.39, 0.29) is 17.8 Å². The van der Waals surface area contributed by atoms with Crippen LogP contribution < -0.4 is 4.74 Å². The summed E-state index contributed by atoms with van der Waals surface area (Å²) in [6.07, 6.45) is 27.3. The van der Waals surface area contributed by atoms with Crippen LogP contribution in [0.1, 0.15) is 46.6 Å². The molecule has 5 heteroatoms. The number of aryl methyl sites for hydroxylation is 1. The molecule has 0 bridgehead atoms. The molecule has 3 atom stereocenters. The van der Waals surface area contributed by atoms with Crippen LogP contribution >= 0.6 is 0 Å². The molecule has 0 saturated carbocycles. The van der Waals surface area contributed by atoms with E-state index >= 15 is 0 Å². The van der Waals surface area contributed by atoms with E-state index in [9.17, 15) is 0 Å². The zero-order chi connectivity index (χ0) is 38.2. The van der Waals surface area contributed by atoms with Gasteiger partial charge in [0.25, 0.3) is 0 Å². The lowest BCUT2D eigenvalue weighted by Crippen LogP contribution is -2.37. The molecule has 58 heavy (non-hydrogen) atoms. The summed E-state index contributed by atoms with van der Waals surface area (Å²) in [6.45, 7) is 0. The van der Waals surface area contributed by atoms with Gasteiger partial charge in [0, 0.05) is 51.8 Å². The number of aromatic nitrogens is 4. The number of hydrogen-bond acceptors (Lipinski definition) is 5. The Kier molecular flexibility index (Phi) is 7.46. The first kappa shape index (κ1) is 33.2. The molecule has 0 N–H and O–H groups in total. The van der Waals surface area contributed by atoms with Gasteiger partial charge in [-0.1, -0.05) is 152 Å². The van der Waals surface area contributed by atoms with Crippen LogP contribution in [0, 0.1) is 17.8 Å².